The SMILES string of the molecule is CS(=O)(=O)Cc1c(C(=O)Nc2cccc(CN3CCOCC3)c2)oc2ccccc12. The van der Waals surface area contributed by atoms with Gasteiger partial charge in [-0.25, -0.2) is 8.42 Å². The first-order valence-corrected chi connectivity index (χ1v) is 11.8. The molecule has 3 aromatic rings. The van der Waals surface area contributed by atoms with Crippen molar-refractivity contribution in [3.63, 3.8) is 0 Å². The summed E-state index contributed by atoms with van der Waals surface area (Å²) in [5.41, 5.74) is 2.59. The Morgan fingerprint density at radius 2 is 1.87 bits per heavy atom. The second-order valence-corrected chi connectivity index (χ2v) is 9.66. The maximum absolute atomic E-state index is 13.0. The minimum Gasteiger partial charge on any atom is -0.451 e. The van der Waals surface area contributed by atoms with Gasteiger partial charge in [-0.1, -0.05) is 30.3 Å². The molecule has 1 fully saturated rings. The van der Waals surface area contributed by atoms with Crippen LogP contribution in [0.2, 0.25) is 0 Å². The zero-order chi connectivity index (χ0) is 21.1. The lowest BCUT2D eigenvalue weighted by Gasteiger charge is -2.26. The Kier molecular flexibility index (Phi) is 5.90. The third-order valence-corrected chi connectivity index (χ3v) is 5.82. The smallest absolute Gasteiger partial charge is 0.291 e. The van der Waals surface area contributed by atoms with Gasteiger partial charge in [-0.05, 0) is 23.8 Å². The van der Waals surface area contributed by atoms with E-state index in [4.69, 9.17) is 9.15 Å². The van der Waals surface area contributed by atoms with Crippen LogP contribution in [-0.2, 0) is 26.9 Å². The molecular weight excluding hydrogens is 404 g/mol. The monoisotopic (exact) mass is 428 g/mol. The summed E-state index contributed by atoms with van der Waals surface area (Å²) in [7, 11) is -3.35. The van der Waals surface area contributed by atoms with Crippen molar-refractivity contribution in [3.05, 3.63) is 65.4 Å². The normalized spacial score (nSPS) is 15.4. The molecule has 30 heavy (non-hydrogen) atoms. The van der Waals surface area contributed by atoms with E-state index in [1.165, 1.54) is 0 Å². The number of carbonyl (C=O) groups is 1. The predicted octanol–water partition coefficient (Wildman–Crippen LogP) is 3.06. The van der Waals surface area contributed by atoms with Crippen LogP contribution in [0.1, 0.15) is 21.7 Å². The summed E-state index contributed by atoms with van der Waals surface area (Å²) in [6.45, 7) is 3.99. The van der Waals surface area contributed by atoms with Crippen LogP contribution in [0.15, 0.2) is 52.9 Å². The third-order valence-electron chi connectivity index (χ3n) is 5.01. The maximum atomic E-state index is 13.0. The van der Waals surface area contributed by atoms with E-state index in [1.807, 2.05) is 18.2 Å². The van der Waals surface area contributed by atoms with E-state index in [1.54, 1.807) is 30.3 Å². The van der Waals surface area contributed by atoms with Gasteiger partial charge in [0.2, 0.25) is 0 Å². The Bertz CT molecular complexity index is 1160. The van der Waals surface area contributed by atoms with Crippen molar-refractivity contribution in [2.45, 2.75) is 12.3 Å². The number of sulfone groups is 1. The van der Waals surface area contributed by atoms with Gasteiger partial charge in [-0.3, -0.25) is 9.69 Å². The van der Waals surface area contributed by atoms with E-state index < -0.39 is 15.7 Å². The number of anilines is 1. The van der Waals surface area contributed by atoms with Gasteiger partial charge in [0, 0.05) is 42.5 Å². The topological polar surface area (TPSA) is 88.9 Å². The summed E-state index contributed by atoms with van der Waals surface area (Å²) in [5.74, 6) is -0.697. The van der Waals surface area contributed by atoms with Crippen molar-refractivity contribution >= 4 is 32.4 Å². The lowest BCUT2D eigenvalue weighted by Crippen LogP contribution is -2.35. The Morgan fingerprint density at radius 3 is 2.63 bits per heavy atom. The van der Waals surface area contributed by atoms with Crippen molar-refractivity contribution in [2.75, 3.05) is 37.9 Å². The highest BCUT2D eigenvalue weighted by Crippen LogP contribution is 2.28. The first-order chi connectivity index (χ1) is 14.4. The van der Waals surface area contributed by atoms with E-state index in [0.29, 0.717) is 22.2 Å². The number of ether oxygens (including phenoxy) is 1. The molecule has 1 aromatic heterocycles. The molecule has 0 spiro atoms. The number of hydrogen-bond donors (Lipinski definition) is 1. The third kappa shape index (κ3) is 4.89. The average molecular weight is 429 g/mol. The summed E-state index contributed by atoms with van der Waals surface area (Å²) < 4.78 is 35.0. The number of fused-ring (bicyclic) bond motifs is 1. The standard InChI is InChI=1S/C22H24N2O5S/c1-30(26,27)15-19-18-7-2-3-8-20(18)29-21(19)22(25)23-17-6-4-5-16(13-17)14-24-9-11-28-12-10-24/h2-8,13H,9-12,14-15H2,1H3,(H,23,25). The molecule has 1 aliphatic heterocycles. The van der Waals surface area contributed by atoms with Crippen LogP contribution < -0.4 is 5.32 Å². The molecule has 0 unspecified atom stereocenters. The van der Waals surface area contributed by atoms with Crippen molar-refractivity contribution < 1.29 is 22.4 Å². The van der Waals surface area contributed by atoms with E-state index in [-0.39, 0.29) is 11.5 Å². The molecule has 1 saturated heterocycles. The lowest BCUT2D eigenvalue weighted by molar-refractivity contribution is 0.0342. The number of benzene rings is 2. The van der Waals surface area contributed by atoms with E-state index in [9.17, 15) is 13.2 Å². The van der Waals surface area contributed by atoms with Crippen LogP contribution in [-0.4, -0.2) is 51.8 Å². The molecule has 4 rings (SSSR count). The molecule has 1 amide bonds. The number of para-hydroxylation sites is 1. The molecule has 0 bridgehead atoms. The Labute approximate surface area is 175 Å². The van der Waals surface area contributed by atoms with Crippen LogP contribution in [0.3, 0.4) is 0 Å². The highest BCUT2D eigenvalue weighted by molar-refractivity contribution is 7.89. The van der Waals surface area contributed by atoms with E-state index in [0.717, 1.165) is 44.7 Å². The zero-order valence-electron chi connectivity index (χ0n) is 16.8. The molecule has 0 saturated carbocycles. The fraction of sp³-hybridized carbons (Fsp3) is 0.318. The number of nitrogens with zero attached hydrogens (tertiary/aromatic N) is 1. The highest BCUT2D eigenvalue weighted by atomic mass is 32.2. The number of amides is 1. The minimum atomic E-state index is -3.35. The predicted molar refractivity (Wildman–Crippen MR) is 115 cm³/mol. The molecule has 1 aliphatic rings. The minimum absolute atomic E-state index is 0.0280. The van der Waals surface area contributed by atoms with Gasteiger partial charge < -0.3 is 14.5 Å². The highest BCUT2D eigenvalue weighted by Gasteiger charge is 2.23. The molecule has 0 radical (unpaired) electrons. The first kappa shape index (κ1) is 20.6. The number of rotatable bonds is 6. The molecule has 2 heterocycles. The molecule has 0 aliphatic carbocycles. The van der Waals surface area contributed by atoms with Crippen LogP contribution >= 0.6 is 0 Å². The summed E-state index contributed by atoms with van der Waals surface area (Å²) in [6.07, 6.45) is 1.14. The van der Waals surface area contributed by atoms with E-state index in [2.05, 4.69) is 10.2 Å². The van der Waals surface area contributed by atoms with Gasteiger partial charge in [0.25, 0.3) is 5.91 Å². The number of carbonyl (C=O) groups excluding carboxylic acids is 1. The first-order valence-electron chi connectivity index (χ1n) is 9.77. The van der Waals surface area contributed by atoms with Gasteiger partial charge in [-0.2, -0.15) is 0 Å². The van der Waals surface area contributed by atoms with Crippen LogP contribution in [0.4, 0.5) is 5.69 Å². The number of hydrogen-bond acceptors (Lipinski definition) is 6. The molecule has 158 valence electrons. The van der Waals surface area contributed by atoms with Crippen LogP contribution in [0.25, 0.3) is 11.0 Å². The summed E-state index contributed by atoms with van der Waals surface area (Å²) in [4.78, 5) is 15.3. The molecule has 7 nitrogen and oxygen atoms in total. The summed E-state index contributed by atoms with van der Waals surface area (Å²) in [6, 6.07) is 14.7. The number of morpholine rings is 1. The number of furan rings is 1. The maximum Gasteiger partial charge on any atom is 0.291 e. The fourth-order valence-electron chi connectivity index (χ4n) is 3.64. The second kappa shape index (κ2) is 8.59. The molecular formula is C22H24N2O5S. The van der Waals surface area contributed by atoms with Crippen molar-refractivity contribution in [1.82, 2.24) is 4.90 Å². The summed E-state index contributed by atoms with van der Waals surface area (Å²) >= 11 is 0. The van der Waals surface area contributed by atoms with Gasteiger partial charge in [-0.15, -0.1) is 0 Å². The Balaban J connectivity index is 1.57. The molecule has 1 N–H and O–H groups in total. The Morgan fingerprint density at radius 1 is 1.10 bits per heavy atom. The van der Waals surface area contributed by atoms with Crippen molar-refractivity contribution in [1.29, 1.82) is 0 Å². The van der Waals surface area contributed by atoms with E-state index >= 15 is 0 Å². The quantitative estimate of drug-likeness (QED) is 0.649. The summed E-state index contributed by atoms with van der Waals surface area (Å²) in [5, 5.41) is 3.49. The largest absolute Gasteiger partial charge is 0.451 e. The Hall–Kier alpha value is -2.68. The fourth-order valence-corrected chi connectivity index (χ4v) is 4.45. The van der Waals surface area contributed by atoms with Crippen LogP contribution in [0.5, 0.6) is 0 Å². The molecule has 2 aromatic carbocycles. The van der Waals surface area contributed by atoms with Crippen LogP contribution in [0, 0.1) is 0 Å². The van der Waals surface area contributed by atoms with Gasteiger partial charge in [0.05, 0.1) is 19.0 Å². The lowest BCUT2D eigenvalue weighted by atomic mass is 10.1. The average Bonchev–Trinajstić information content (AvgIpc) is 3.06. The second-order valence-electron chi connectivity index (χ2n) is 7.52. The molecule has 8 heteroatoms. The molecule has 0 atom stereocenters. The number of nitrogens with one attached hydrogen (secondary N) is 1. The van der Waals surface area contributed by atoms with Gasteiger partial charge in [0.1, 0.15) is 5.58 Å². The zero-order valence-corrected chi connectivity index (χ0v) is 17.6. The van der Waals surface area contributed by atoms with Crippen molar-refractivity contribution in [2.24, 2.45) is 0 Å². The van der Waals surface area contributed by atoms with Crippen molar-refractivity contribution in [3.8, 4) is 0 Å². The van der Waals surface area contributed by atoms with Gasteiger partial charge >= 0.3 is 0 Å². The van der Waals surface area contributed by atoms with Gasteiger partial charge in [0.15, 0.2) is 15.6 Å².